The third kappa shape index (κ3) is 6.05. The highest BCUT2D eigenvalue weighted by Gasteiger charge is 2.28. The molecule has 4 rings (SSSR count). The van der Waals surface area contributed by atoms with Gasteiger partial charge >= 0.3 is 0 Å². The largest absolute Gasteiger partial charge is 0.322 e. The maximum atomic E-state index is 13.5. The van der Waals surface area contributed by atoms with E-state index in [1.165, 1.54) is 31.2 Å². The minimum atomic E-state index is -3.51. The summed E-state index contributed by atoms with van der Waals surface area (Å²) in [5.74, 6) is -0.123. The topological polar surface area (TPSA) is 110 Å². The molecular weight excluding hydrogens is 452 g/mol. The van der Waals surface area contributed by atoms with Crippen LogP contribution < -0.4 is 10.6 Å². The van der Waals surface area contributed by atoms with Crippen molar-refractivity contribution in [2.24, 2.45) is 5.92 Å². The van der Waals surface area contributed by atoms with E-state index in [9.17, 15) is 18.0 Å². The number of anilines is 2. The van der Waals surface area contributed by atoms with Gasteiger partial charge in [-0.3, -0.25) is 9.59 Å². The average molecular weight is 487 g/mol. The lowest BCUT2D eigenvalue weighted by Gasteiger charge is -2.14. The number of carbonyl (C=O) groups is 2. The molecule has 0 spiro atoms. The number of amides is 2. The fourth-order valence-electron chi connectivity index (χ4n) is 4.29. The number of aromatic nitrogens is 2. The summed E-state index contributed by atoms with van der Waals surface area (Å²) in [5, 5.41) is 10.3. The van der Waals surface area contributed by atoms with Crippen molar-refractivity contribution in [2.75, 3.05) is 22.6 Å². The van der Waals surface area contributed by atoms with E-state index in [1.807, 2.05) is 13.0 Å². The van der Waals surface area contributed by atoms with Gasteiger partial charge in [0.1, 0.15) is 17.1 Å². The van der Waals surface area contributed by atoms with E-state index in [1.54, 1.807) is 4.68 Å². The van der Waals surface area contributed by atoms with Crippen LogP contribution in [0.1, 0.15) is 79.0 Å². The van der Waals surface area contributed by atoms with Crippen LogP contribution in [-0.2, 0) is 34.0 Å². The molecular formula is C25H34N4O4S. The molecule has 2 fully saturated rings. The summed E-state index contributed by atoms with van der Waals surface area (Å²) in [6.07, 6.45) is 8.01. The molecule has 1 aromatic heterocycles. The minimum Gasteiger partial charge on any atom is -0.322 e. The summed E-state index contributed by atoms with van der Waals surface area (Å²) < 4.78 is 25.0. The molecule has 1 aromatic carbocycles. The van der Waals surface area contributed by atoms with Gasteiger partial charge in [-0.15, -0.1) is 0 Å². The molecule has 2 aromatic rings. The second-order valence-corrected chi connectivity index (χ2v) is 11.7. The maximum Gasteiger partial charge on any atom is 0.261 e. The number of benzene rings is 1. The molecule has 0 radical (unpaired) electrons. The summed E-state index contributed by atoms with van der Waals surface area (Å²) in [7, 11) is -3.51. The standard InChI is InChI=1S/C25H34N4O4S/c1-4-17-14-19(18-8-9-18)10-11-21(17)26-25(31)23-20(5-2)28-29(13-12-16-6-7-16)24(23)27-22(30)15-34(3,32)33/h10-11,14,16,18H,4-9,12-13,15H2,1-3H3,(H,26,31)(H,27,30). The highest BCUT2D eigenvalue weighted by Crippen LogP contribution is 2.41. The number of nitrogens with zero attached hydrogens (tertiary/aromatic N) is 2. The van der Waals surface area contributed by atoms with Crippen molar-refractivity contribution >= 4 is 33.2 Å². The van der Waals surface area contributed by atoms with Gasteiger partial charge in [0.25, 0.3) is 5.91 Å². The van der Waals surface area contributed by atoms with Gasteiger partial charge in [-0.2, -0.15) is 5.10 Å². The zero-order chi connectivity index (χ0) is 24.5. The predicted octanol–water partition coefficient (Wildman–Crippen LogP) is 3.92. The summed E-state index contributed by atoms with van der Waals surface area (Å²) >= 11 is 0. The second kappa shape index (κ2) is 9.90. The predicted molar refractivity (Wildman–Crippen MR) is 133 cm³/mol. The van der Waals surface area contributed by atoms with E-state index in [0.717, 1.165) is 30.3 Å². The van der Waals surface area contributed by atoms with E-state index in [4.69, 9.17) is 0 Å². The molecule has 0 saturated heterocycles. The first kappa shape index (κ1) is 24.4. The van der Waals surface area contributed by atoms with E-state index in [-0.39, 0.29) is 11.7 Å². The van der Waals surface area contributed by atoms with Gasteiger partial charge in [-0.05, 0) is 61.1 Å². The molecule has 184 valence electrons. The lowest BCUT2D eigenvalue weighted by molar-refractivity contribution is -0.113. The molecule has 0 atom stereocenters. The fraction of sp³-hybridized carbons (Fsp3) is 0.560. The fourth-order valence-corrected chi connectivity index (χ4v) is 4.84. The van der Waals surface area contributed by atoms with Gasteiger partial charge in [0.05, 0.1) is 5.69 Å². The number of carbonyl (C=O) groups excluding carboxylic acids is 2. The zero-order valence-corrected chi connectivity index (χ0v) is 21.0. The Balaban J connectivity index is 1.64. The molecule has 8 nitrogen and oxygen atoms in total. The lowest BCUT2D eigenvalue weighted by Crippen LogP contribution is -2.25. The van der Waals surface area contributed by atoms with Gasteiger partial charge in [-0.25, -0.2) is 13.1 Å². The first-order chi connectivity index (χ1) is 16.2. The molecule has 0 bridgehead atoms. The first-order valence-electron chi connectivity index (χ1n) is 12.2. The van der Waals surface area contributed by atoms with E-state index >= 15 is 0 Å². The molecule has 9 heteroatoms. The minimum absolute atomic E-state index is 0.274. The van der Waals surface area contributed by atoms with Gasteiger partial charge in [0.15, 0.2) is 9.84 Å². The van der Waals surface area contributed by atoms with Crippen LogP contribution in [0.25, 0.3) is 0 Å². The van der Waals surface area contributed by atoms with Crippen molar-refractivity contribution in [2.45, 2.75) is 71.3 Å². The Labute approximate surface area is 201 Å². The molecule has 1 heterocycles. The van der Waals surface area contributed by atoms with Crippen LogP contribution in [0.4, 0.5) is 11.5 Å². The number of nitrogens with one attached hydrogen (secondary N) is 2. The highest BCUT2D eigenvalue weighted by atomic mass is 32.2. The van der Waals surface area contributed by atoms with Crippen molar-refractivity contribution in [1.82, 2.24) is 9.78 Å². The SMILES string of the molecule is CCc1cc(C2CC2)ccc1NC(=O)c1c(CC)nn(CCC2CC2)c1NC(=O)CS(C)(=O)=O. The van der Waals surface area contributed by atoms with Gasteiger partial charge in [0.2, 0.25) is 5.91 Å². The van der Waals surface area contributed by atoms with E-state index < -0.39 is 21.5 Å². The number of hydrogen-bond donors (Lipinski definition) is 2. The lowest BCUT2D eigenvalue weighted by atomic mass is 10.0. The van der Waals surface area contributed by atoms with Crippen molar-refractivity contribution in [3.05, 3.63) is 40.6 Å². The number of aryl methyl sites for hydroxylation is 3. The molecule has 2 aliphatic rings. The summed E-state index contributed by atoms with van der Waals surface area (Å²) in [5.41, 5.74) is 4.01. The molecule has 2 amide bonds. The van der Waals surface area contributed by atoms with Gasteiger partial charge in [-0.1, -0.05) is 38.8 Å². The first-order valence-corrected chi connectivity index (χ1v) is 14.3. The molecule has 34 heavy (non-hydrogen) atoms. The summed E-state index contributed by atoms with van der Waals surface area (Å²) in [6, 6.07) is 6.19. The van der Waals surface area contributed by atoms with Crippen molar-refractivity contribution in [3.63, 3.8) is 0 Å². The number of rotatable bonds is 11. The number of sulfone groups is 1. The van der Waals surface area contributed by atoms with Crippen molar-refractivity contribution in [3.8, 4) is 0 Å². The van der Waals surface area contributed by atoms with Crippen molar-refractivity contribution < 1.29 is 18.0 Å². The smallest absolute Gasteiger partial charge is 0.261 e. The zero-order valence-electron chi connectivity index (χ0n) is 20.2. The molecule has 2 N–H and O–H groups in total. The van der Waals surface area contributed by atoms with Gasteiger partial charge in [0, 0.05) is 18.5 Å². The van der Waals surface area contributed by atoms with Crippen LogP contribution in [0.3, 0.4) is 0 Å². The number of hydrogen-bond acceptors (Lipinski definition) is 5. The molecule has 2 saturated carbocycles. The third-order valence-corrected chi connectivity index (χ3v) is 7.28. The van der Waals surface area contributed by atoms with Crippen molar-refractivity contribution in [1.29, 1.82) is 0 Å². The second-order valence-electron chi connectivity index (χ2n) is 9.60. The normalized spacial score (nSPS) is 15.9. The summed E-state index contributed by atoms with van der Waals surface area (Å²) in [4.78, 5) is 26.0. The highest BCUT2D eigenvalue weighted by molar-refractivity contribution is 7.91. The Hall–Kier alpha value is -2.68. The average Bonchev–Trinajstić information content (AvgIpc) is 3.69. The quantitative estimate of drug-likeness (QED) is 0.500. The Morgan fingerprint density at radius 2 is 1.82 bits per heavy atom. The molecule has 0 unspecified atom stereocenters. The van der Waals surface area contributed by atoms with Crippen LogP contribution in [0.2, 0.25) is 0 Å². The van der Waals surface area contributed by atoms with E-state index in [2.05, 4.69) is 34.8 Å². The molecule has 0 aliphatic heterocycles. The van der Waals surface area contributed by atoms with Crippen LogP contribution >= 0.6 is 0 Å². The monoisotopic (exact) mass is 486 g/mol. The van der Waals surface area contributed by atoms with Crippen LogP contribution in [0, 0.1) is 5.92 Å². The third-order valence-electron chi connectivity index (χ3n) is 6.49. The Morgan fingerprint density at radius 3 is 2.41 bits per heavy atom. The maximum absolute atomic E-state index is 13.5. The van der Waals surface area contributed by atoms with Crippen LogP contribution in [0.5, 0.6) is 0 Å². The molecule has 2 aliphatic carbocycles. The Kier molecular flexibility index (Phi) is 7.12. The van der Waals surface area contributed by atoms with Gasteiger partial charge < -0.3 is 10.6 Å². The Morgan fingerprint density at radius 1 is 1.09 bits per heavy atom. The van der Waals surface area contributed by atoms with E-state index in [0.29, 0.717) is 36.1 Å². The Bertz CT molecular complexity index is 1190. The van der Waals surface area contributed by atoms with Crippen LogP contribution in [0.15, 0.2) is 18.2 Å². The summed E-state index contributed by atoms with van der Waals surface area (Å²) in [6.45, 7) is 4.54. The van der Waals surface area contributed by atoms with Crippen LogP contribution in [-0.4, -0.2) is 42.0 Å².